The van der Waals surface area contributed by atoms with Gasteiger partial charge in [0.1, 0.15) is 0 Å². The third-order valence-corrected chi connectivity index (χ3v) is 25.6. The molecule has 0 saturated carbocycles. The first-order valence-electron chi connectivity index (χ1n) is 46.0. The molecule has 138 heavy (non-hydrogen) atoms. The van der Waals surface area contributed by atoms with E-state index in [2.05, 4.69) is 311 Å². The lowest BCUT2D eigenvalue weighted by Crippen LogP contribution is -2.30. The van der Waals surface area contributed by atoms with Gasteiger partial charge in [-0.3, -0.25) is 0 Å². The molecule has 0 aliphatic rings. The van der Waals surface area contributed by atoms with Gasteiger partial charge < -0.3 is 13.7 Å². The van der Waals surface area contributed by atoms with E-state index in [0.717, 1.165) is 100.0 Å². The molecule has 13 nitrogen and oxygen atoms in total. The molecule has 0 N–H and O–H groups in total. The van der Waals surface area contributed by atoms with Gasteiger partial charge in [0.05, 0.1) is 50.1 Å². The van der Waals surface area contributed by atoms with Crippen LogP contribution >= 0.6 is 0 Å². The zero-order chi connectivity index (χ0) is 92.1. The quantitative estimate of drug-likeness (QED) is 0.0805. The van der Waals surface area contributed by atoms with Crippen LogP contribution in [-0.4, -0.2) is 58.6 Å². The molecule has 0 atom stereocenters. The summed E-state index contributed by atoms with van der Waals surface area (Å²) >= 11 is 0. The zero-order valence-electron chi connectivity index (χ0n) is 74.7. The van der Waals surface area contributed by atoms with Crippen molar-refractivity contribution in [2.75, 3.05) is 0 Å². The molecule has 648 valence electrons. The number of nitriles is 1. The van der Waals surface area contributed by atoms with E-state index < -0.39 is 5.41 Å². The predicted octanol–water partition coefficient (Wildman–Crippen LogP) is 29.8. The van der Waals surface area contributed by atoms with E-state index in [1.165, 1.54) is 66.0 Å². The average molecular weight is 1770 g/mol. The van der Waals surface area contributed by atoms with E-state index in [-0.39, 0.29) is 0 Å². The Morgan fingerprint density at radius 3 is 0.652 bits per heavy atom. The lowest BCUT2D eigenvalue weighted by molar-refractivity contribution is 0.746. The number of fused-ring (bicyclic) bond motifs is 9. The van der Waals surface area contributed by atoms with Gasteiger partial charge in [0.15, 0.2) is 52.4 Å². The topological polar surface area (TPSA) is 155 Å². The molecule has 25 rings (SSSR count). The molecule has 0 aliphatic carbocycles. The number of benzene rings is 19. The minimum atomic E-state index is -0.537. The summed E-state index contributed by atoms with van der Waals surface area (Å²) < 4.78 is 6.93. The van der Waals surface area contributed by atoms with Gasteiger partial charge >= 0.3 is 0 Å². The summed E-state index contributed by atoms with van der Waals surface area (Å²) in [5.41, 5.74) is 25.8. The van der Waals surface area contributed by atoms with Crippen LogP contribution in [-0.2, 0) is 5.41 Å². The molecule has 0 bridgehead atoms. The van der Waals surface area contributed by atoms with Crippen molar-refractivity contribution in [1.82, 2.24) is 58.6 Å². The Labute approximate surface area is 797 Å². The number of hydrogen-bond acceptors (Lipinski definition) is 10. The summed E-state index contributed by atoms with van der Waals surface area (Å²) in [6.07, 6.45) is 0. The van der Waals surface area contributed by atoms with Crippen LogP contribution in [0.3, 0.4) is 0 Å². The van der Waals surface area contributed by atoms with Crippen LogP contribution in [0.1, 0.15) is 27.8 Å². The summed E-state index contributed by atoms with van der Waals surface area (Å²) in [7, 11) is 0. The van der Waals surface area contributed by atoms with Gasteiger partial charge in [-0.25, -0.2) is 44.9 Å². The molecule has 6 aromatic heterocycles. The van der Waals surface area contributed by atoms with Crippen LogP contribution < -0.4 is 0 Å². The van der Waals surface area contributed by atoms with Gasteiger partial charge in [-0.05, 0) is 167 Å². The SMILES string of the molecule is N#Cc1ccc2c(c1)c1ccccc1n2-c1ccc(-c2nc(-c3ccccc3)nc(-c3ccccc3)n2)cc1.c1ccc(-c2ccc3c(c2)c2ccccc2n3-c2ccc(-c3nc(-c4ccccc4)nc(-c4ccccc4)n3)cc2)cc1.c1ccc(-c2nc(-c3ccccc3)nc(-c3ccc(-n4c5ccccc5c5cc(C(c6ccccc6)(c6ccccc6)c6ccccc6)ccc54)cc3)n2)cc1. The number of para-hydroxylation sites is 3. The first-order valence-corrected chi connectivity index (χ1v) is 46.0. The second-order valence-electron chi connectivity index (χ2n) is 33.8. The molecule has 0 radical (unpaired) electrons. The van der Waals surface area contributed by atoms with Gasteiger partial charge in [0, 0.05) is 99.5 Å². The fourth-order valence-electron chi connectivity index (χ4n) is 19.0. The summed E-state index contributed by atoms with van der Waals surface area (Å²) in [6.45, 7) is 0. The van der Waals surface area contributed by atoms with Crippen LogP contribution in [0.4, 0.5) is 0 Å². The normalized spacial score (nSPS) is 11.3. The van der Waals surface area contributed by atoms with E-state index in [0.29, 0.717) is 58.0 Å². The van der Waals surface area contributed by atoms with Crippen molar-refractivity contribution in [3.63, 3.8) is 0 Å². The second kappa shape index (κ2) is 37.0. The molecular weight excluding hydrogens is 1680 g/mol. The van der Waals surface area contributed by atoms with Gasteiger partial charge in [0.25, 0.3) is 0 Å². The van der Waals surface area contributed by atoms with E-state index in [9.17, 15) is 5.26 Å². The van der Waals surface area contributed by atoms with Crippen molar-refractivity contribution in [2.24, 2.45) is 0 Å². The van der Waals surface area contributed by atoms with E-state index in [4.69, 9.17) is 44.9 Å². The Bertz CT molecular complexity index is 8480. The number of nitrogens with zero attached hydrogens (tertiary/aromatic N) is 13. The van der Waals surface area contributed by atoms with Gasteiger partial charge in [-0.2, -0.15) is 5.26 Å². The van der Waals surface area contributed by atoms with Crippen LogP contribution in [0.25, 0.3) is 196 Å². The monoisotopic (exact) mass is 1770 g/mol. The van der Waals surface area contributed by atoms with Crippen molar-refractivity contribution in [2.45, 2.75) is 5.41 Å². The zero-order valence-corrected chi connectivity index (χ0v) is 74.7. The lowest BCUT2D eigenvalue weighted by atomic mass is 9.65. The Kier molecular flexibility index (Phi) is 22.4. The maximum absolute atomic E-state index is 9.44. The molecule has 0 amide bonds. The molecule has 13 heteroatoms. The molecule has 0 saturated heterocycles. The first-order chi connectivity index (χ1) is 68.4. The van der Waals surface area contributed by atoms with Crippen molar-refractivity contribution < 1.29 is 0 Å². The smallest absolute Gasteiger partial charge is 0.164 e. The molecule has 0 unspecified atom stereocenters. The highest BCUT2D eigenvalue weighted by molar-refractivity contribution is 6.12. The number of rotatable bonds is 17. The van der Waals surface area contributed by atoms with Crippen molar-refractivity contribution in [1.29, 1.82) is 5.26 Å². The minimum absolute atomic E-state index is 0.537. The average Bonchev–Trinajstić information content (AvgIpc) is 1.38. The fraction of sp³-hybridized carbons (Fsp3) is 0.00800. The maximum atomic E-state index is 9.44. The summed E-state index contributed by atoms with van der Waals surface area (Å²) in [5.74, 6) is 5.79. The van der Waals surface area contributed by atoms with E-state index >= 15 is 0 Å². The van der Waals surface area contributed by atoms with E-state index in [1.54, 1.807) is 0 Å². The van der Waals surface area contributed by atoms with Crippen LogP contribution in [0, 0.1) is 11.3 Å². The highest BCUT2D eigenvalue weighted by atomic mass is 15.1. The van der Waals surface area contributed by atoms with Crippen LogP contribution in [0.5, 0.6) is 0 Å². The Morgan fingerprint density at radius 2 is 0.370 bits per heavy atom. The Hall–Kier alpha value is -18.9. The minimum Gasteiger partial charge on any atom is -0.309 e. The van der Waals surface area contributed by atoms with Crippen LogP contribution in [0.2, 0.25) is 0 Å². The maximum Gasteiger partial charge on any atom is 0.164 e. The molecule has 19 aromatic carbocycles. The first kappa shape index (κ1) is 83.4. The third kappa shape index (κ3) is 16.1. The van der Waals surface area contributed by atoms with Crippen molar-refractivity contribution in [3.8, 4) is 137 Å². The fourth-order valence-corrected chi connectivity index (χ4v) is 19.0. The second-order valence-corrected chi connectivity index (χ2v) is 33.8. The molecule has 0 spiro atoms. The number of hydrogen-bond donors (Lipinski definition) is 0. The van der Waals surface area contributed by atoms with Crippen LogP contribution in [0.15, 0.2) is 504 Å². The number of aromatic nitrogens is 12. The lowest BCUT2D eigenvalue weighted by Gasteiger charge is -2.37. The van der Waals surface area contributed by atoms with Crippen molar-refractivity contribution >= 4 is 65.4 Å². The predicted molar refractivity (Wildman–Crippen MR) is 560 cm³/mol. The molecule has 6 heterocycles. The standard InChI is InChI=1S/C52H36N4.C39H26N4.C34H21N5/c1-6-18-37(19-7-1)49-53-50(38-20-8-2-9-21-38)55-51(54-49)39-30-33-44(34-31-39)56-47-29-17-16-28-45(47)46-36-43(32-35-48(46)56)52(40-22-10-3-11-23-40,41-24-12-4-13-25-41)42-26-14-5-15-27-42;1-4-12-27(13-5-1)31-22-25-36-34(26-31)33-18-10-11-19-35(33)43(36)32-23-20-30(21-24-32)39-41-37(28-14-6-2-7-15-28)40-38(42-39)29-16-8-3-9-17-29;35-22-23-15-20-31-29(21-23)28-13-7-8-14-30(28)39(31)27-18-16-26(17-19-27)34-37-32(24-9-3-1-4-10-24)36-33(38-34)25-11-5-2-6-12-25/h1-36H;1-26H;1-21H. The summed E-state index contributed by atoms with van der Waals surface area (Å²) in [6, 6.07) is 176. The summed E-state index contributed by atoms with van der Waals surface area (Å²) in [5, 5.41) is 16.5. The molecule has 0 aliphatic heterocycles. The Morgan fingerprint density at radius 1 is 0.159 bits per heavy atom. The third-order valence-electron chi connectivity index (χ3n) is 25.6. The van der Waals surface area contributed by atoms with Crippen molar-refractivity contribution in [3.05, 3.63) is 531 Å². The largest absolute Gasteiger partial charge is 0.309 e. The summed E-state index contributed by atoms with van der Waals surface area (Å²) in [4.78, 5) is 43.9. The van der Waals surface area contributed by atoms with E-state index in [1.807, 2.05) is 212 Å². The molecule has 25 aromatic rings. The van der Waals surface area contributed by atoms with Gasteiger partial charge in [-0.1, -0.05) is 370 Å². The van der Waals surface area contributed by atoms with Gasteiger partial charge in [0.2, 0.25) is 0 Å². The highest BCUT2D eigenvalue weighted by Gasteiger charge is 2.39. The van der Waals surface area contributed by atoms with Gasteiger partial charge in [-0.15, -0.1) is 0 Å². The highest BCUT2D eigenvalue weighted by Crippen LogP contribution is 2.48. The Balaban J connectivity index is 0.000000118. The molecule has 0 fully saturated rings. The molecular formula is C125H83N13.